The number of unbranched alkanes of at least 4 members (excludes halogenated alkanes) is 5. The first-order valence-electron chi connectivity index (χ1n) is 11.9. The molecule has 0 aliphatic carbocycles. The number of aryl methyl sites for hydroxylation is 1. The molecule has 3 amide bonds. The minimum absolute atomic E-state index is 0.0336. The number of amides is 3. The average Bonchev–Trinajstić information content (AvgIpc) is 2.80. The summed E-state index contributed by atoms with van der Waals surface area (Å²) in [6.07, 6.45) is 7.04. The van der Waals surface area contributed by atoms with Gasteiger partial charge >= 0.3 is 0 Å². The predicted octanol–water partition coefficient (Wildman–Crippen LogP) is 4.83. The van der Waals surface area contributed by atoms with E-state index in [4.69, 9.17) is 0 Å². The zero-order chi connectivity index (χ0) is 23.9. The normalized spacial score (nSPS) is 10.5. The van der Waals surface area contributed by atoms with Gasteiger partial charge < -0.3 is 15.5 Å². The smallest absolute Gasteiger partial charge is 0.243 e. The molecular formula is C27H37N3O3. The van der Waals surface area contributed by atoms with E-state index in [1.54, 1.807) is 11.0 Å². The number of benzene rings is 2. The fraction of sp³-hybridized carbons (Fsp3) is 0.444. The van der Waals surface area contributed by atoms with E-state index < -0.39 is 0 Å². The molecule has 6 heteroatoms. The Labute approximate surface area is 197 Å². The van der Waals surface area contributed by atoms with Crippen LogP contribution in [0.4, 0.5) is 5.69 Å². The minimum Gasteiger partial charge on any atom is -0.345 e. The third-order valence-electron chi connectivity index (χ3n) is 5.40. The van der Waals surface area contributed by atoms with Crippen molar-refractivity contribution in [2.24, 2.45) is 0 Å². The molecule has 178 valence electrons. The van der Waals surface area contributed by atoms with E-state index >= 15 is 0 Å². The van der Waals surface area contributed by atoms with Gasteiger partial charge in [-0.1, -0.05) is 81.5 Å². The van der Waals surface area contributed by atoms with Crippen molar-refractivity contribution < 1.29 is 14.4 Å². The average molecular weight is 452 g/mol. The number of hydrogen-bond acceptors (Lipinski definition) is 3. The highest BCUT2D eigenvalue weighted by Gasteiger charge is 2.18. The van der Waals surface area contributed by atoms with Crippen LogP contribution >= 0.6 is 0 Å². The maximum atomic E-state index is 12.8. The molecule has 2 aromatic carbocycles. The molecule has 0 unspecified atom stereocenters. The van der Waals surface area contributed by atoms with Crippen molar-refractivity contribution in [1.82, 2.24) is 10.2 Å². The van der Waals surface area contributed by atoms with Gasteiger partial charge in [0.2, 0.25) is 17.7 Å². The molecule has 33 heavy (non-hydrogen) atoms. The zero-order valence-electron chi connectivity index (χ0n) is 19.9. The number of anilines is 1. The number of carbonyl (C=O) groups is 3. The molecule has 6 nitrogen and oxygen atoms in total. The number of nitrogens with one attached hydrogen (secondary N) is 2. The van der Waals surface area contributed by atoms with Crippen LogP contribution in [0.25, 0.3) is 0 Å². The third-order valence-corrected chi connectivity index (χ3v) is 5.40. The topological polar surface area (TPSA) is 78.5 Å². The first kappa shape index (κ1) is 26.1. The Bertz CT molecular complexity index is 883. The second kappa shape index (κ2) is 14.8. The molecule has 2 N–H and O–H groups in total. The molecule has 0 aromatic heterocycles. The molecule has 0 fully saturated rings. The van der Waals surface area contributed by atoms with Crippen LogP contribution in [0, 0.1) is 6.92 Å². The van der Waals surface area contributed by atoms with Gasteiger partial charge in [0.15, 0.2) is 0 Å². The second-order valence-corrected chi connectivity index (χ2v) is 8.45. The van der Waals surface area contributed by atoms with E-state index in [0.29, 0.717) is 18.7 Å². The lowest BCUT2D eigenvalue weighted by molar-refractivity contribution is -0.137. The molecule has 2 aromatic rings. The van der Waals surface area contributed by atoms with Gasteiger partial charge in [0.25, 0.3) is 0 Å². The van der Waals surface area contributed by atoms with Gasteiger partial charge in [-0.25, -0.2) is 0 Å². The lowest BCUT2D eigenvalue weighted by atomic mass is 10.1. The highest BCUT2D eigenvalue weighted by atomic mass is 16.2. The summed E-state index contributed by atoms with van der Waals surface area (Å²) >= 11 is 0. The van der Waals surface area contributed by atoms with Gasteiger partial charge in [0.05, 0.1) is 13.1 Å². The van der Waals surface area contributed by atoms with E-state index in [1.165, 1.54) is 19.3 Å². The third kappa shape index (κ3) is 10.8. The van der Waals surface area contributed by atoms with E-state index in [-0.39, 0.29) is 30.8 Å². The molecule has 0 bridgehead atoms. The van der Waals surface area contributed by atoms with Crippen molar-refractivity contribution in [2.45, 2.75) is 65.3 Å². The van der Waals surface area contributed by atoms with Crippen molar-refractivity contribution in [2.75, 3.05) is 18.4 Å². The van der Waals surface area contributed by atoms with Crippen LogP contribution < -0.4 is 10.6 Å². The first-order chi connectivity index (χ1) is 16.0. The van der Waals surface area contributed by atoms with Crippen LogP contribution in [0.5, 0.6) is 0 Å². The quantitative estimate of drug-likeness (QED) is 0.404. The summed E-state index contributed by atoms with van der Waals surface area (Å²) in [4.78, 5) is 39.1. The molecule has 0 spiro atoms. The molecule has 0 saturated carbocycles. The summed E-state index contributed by atoms with van der Waals surface area (Å²) in [7, 11) is 0. The Kier molecular flexibility index (Phi) is 11.7. The molecule has 0 saturated heterocycles. The molecule has 0 aliphatic rings. The van der Waals surface area contributed by atoms with Gasteiger partial charge in [0.1, 0.15) is 0 Å². The van der Waals surface area contributed by atoms with Crippen LogP contribution in [0.1, 0.15) is 63.0 Å². The summed E-state index contributed by atoms with van der Waals surface area (Å²) in [6.45, 7) is 4.29. The number of carbonyl (C=O) groups excluding carboxylic acids is 3. The summed E-state index contributed by atoms with van der Waals surface area (Å²) < 4.78 is 0. The maximum Gasteiger partial charge on any atom is 0.243 e. The van der Waals surface area contributed by atoms with E-state index in [9.17, 15) is 14.4 Å². The highest BCUT2D eigenvalue weighted by molar-refractivity contribution is 5.95. The molecule has 0 heterocycles. The van der Waals surface area contributed by atoms with Crippen LogP contribution in [-0.4, -0.2) is 35.7 Å². The van der Waals surface area contributed by atoms with Crippen molar-refractivity contribution in [3.05, 3.63) is 65.7 Å². The Balaban J connectivity index is 1.85. The molecular weight excluding hydrogens is 414 g/mol. The van der Waals surface area contributed by atoms with Crippen molar-refractivity contribution in [3.63, 3.8) is 0 Å². The van der Waals surface area contributed by atoms with Crippen LogP contribution in [0.3, 0.4) is 0 Å². The predicted molar refractivity (Wildman–Crippen MR) is 133 cm³/mol. The molecule has 0 radical (unpaired) electrons. The monoisotopic (exact) mass is 451 g/mol. The fourth-order valence-corrected chi connectivity index (χ4v) is 3.59. The fourth-order valence-electron chi connectivity index (χ4n) is 3.59. The number of rotatable bonds is 14. The van der Waals surface area contributed by atoms with Crippen LogP contribution in [-0.2, 0) is 20.9 Å². The van der Waals surface area contributed by atoms with Gasteiger partial charge in [-0.2, -0.15) is 0 Å². The summed E-state index contributed by atoms with van der Waals surface area (Å²) in [5.74, 6) is -0.683. The minimum atomic E-state index is -0.346. The largest absolute Gasteiger partial charge is 0.345 e. The van der Waals surface area contributed by atoms with Gasteiger partial charge in [0, 0.05) is 18.7 Å². The van der Waals surface area contributed by atoms with Crippen molar-refractivity contribution >= 4 is 23.4 Å². The second-order valence-electron chi connectivity index (χ2n) is 8.45. The van der Waals surface area contributed by atoms with Crippen LogP contribution in [0.15, 0.2) is 54.6 Å². The SMILES string of the molecule is CCCCCCCCC(=O)N(CC(=O)NCC(=O)Nc1cccc(C)c1)Cc1ccccc1. The number of nitrogens with zero attached hydrogens (tertiary/aromatic N) is 1. The summed E-state index contributed by atoms with van der Waals surface area (Å²) in [5.41, 5.74) is 2.70. The summed E-state index contributed by atoms with van der Waals surface area (Å²) in [6, 6.07) is 17.1. The lowest BCUT2D eigenvalue weighted by Crippen LogP contribution is -2.42. The van der Waals surface area contributed by atoms with Crippen molar-refractivity contribution in [1.29, 1.82) is 0 Å². The van der Waals surface area contributed by atoms with Gasteiger partial charge in [-0.05, 0) is 36.6 Å². The lowest BCUT2D eigenvalue weighted by Gasteiger charge is -2.22. The maximum absolute atomic E-state index is 12.8. The van der Waals surface area contributed by atoms with E-state index in [2.05, 4.69) is 17.6 Å². The highest BCUT2D eigenvalue weighted by Crippen LogP contribution is 2.11. The van der Waals surface area contributed by atoms with Crippen molar-refractivity contribution in [3.8, 4) is 0 Å². The van der Waals surface area contributed by atoms with E-state index in [1.807, 2.05) is 55.5 Å². The Morgan fingerprint density at radius 2 is 1.58 bits per heavy atom. The Morgan fingerprint density at radius 3 is 2.30 bits per heavy atom. The van der Waals surface area contributed by atoms with Crippen LogP contribution in [0.2, 0.25) is 0 Å². The zero-order valence-corrected chi connectivity index (χ0v) is 19.9. The number of hydrogen-bond donors (Lipinski definition) is 2. The first-order valence-corrected chi connectivity index (χ1v) is 11.9. The van der Waals surface area contributed by atoms with E-state index in [0.717, 1.165) is 30.4 Å². The summed E-state index contributed by atoms with van der Waals surface area (Å²) in [5, 5.41) is 5.40. The van der Waals surface area contributed by atoms with Gasteiger partial charge in [-0.3, -0.25) is 14.4 Å². The molecule has 0 atom stereocenters. The Morgan fingerprint density at radius 1 is 0.848 bits per heavy atom. The standard InChI is InChI=1S/C27H37N3O3/c1-3-4-5-6-7-11-17-27(33)30(20-23-14-9-8-10-15-23)21-26(32)28-19-25(31)29-24-16-12-13-22(2)18-24/h8-10,12-16,18H,3-7,11,17,19-21H2,1-2H3,(H,28,32)(H,29,31). The Hall–Kier alpha value is -3.15. The molecule has 2 rings (SSSR count). The van der Waals surface area contributed by atoms with Gasteiger partial charge in [-0.15, -0.1) is 0 Å². The molecule has 0 aliphatic heterocycles.